The molecular weight excluding hydrogens is 244 g/mol. The Balaban J connectivity index is 2.07. The highest BCUT2D eigenvalue weighted by Crippen LogP contribution is 2.14. The van der Waals surface area contributed by atoms with Crippen molar-refractivity contribution in [3.8, 4) is 5.75 Å². The smallest absolute Gasteiger partial charge is 0.354 e. The summed E-state index contributed by atoms with van der Waals surface area (Å²) in [5, 5.41) is 9.02. The van der Waals surface area contributed by atoms with E-state index in [0.717, 1.165) is 17.7 Å². The maximum Gasteiger partial charge on any atom is 0.354 e. The molecule has 2 aromatic rings. The molecule has 1 aromatic carbocycles. The summed E-state index contributed by atoms with van der Waals surface area (Å²) < 4.78 is 5.08. The molecule has 0 aliphatic carbocycles. The Morgan fingerprint density at radius 2 is 2.00 bits per heavy atom. The topological polar surface area (TPSA) is 72.3 Å². The summed E-state index contributed by atoms with van der Waals surface area (Å²) in [4.78, 5) is 18.7. The Bertz CT molecular complexity index is 567. The lowest BCUT2D eigenvalue weighted by molar-refractivity contribution is 0.0689. The number of carboxylic acid groups (broad SMARTS) is 1. The van der Waals surface area contributed by atoms with Crippen molar-refractivity contribution in [3.05, 3.63) is 53.6 Å². The molecule has 0 fully saturated rings. The first-order valence-electron chi connectivity index (χ1n) is 5.86. The van der Waals surface area contributed by atoms with Gasteiger partial charge < -0.3 is 9.84 Å². The van der Waals surface area contributed by atoms with Gasteiger partial charge in [0.15, 0.2) is 5.69 Å². The maximum absolute atomic E-state index is 11.0. The van der Waals surface area contributed by atoms with E-state index in [9.17, 15) is 4.79 Å². The summed E-state index contributed by atoms with van der Waals surface area (Å²) in [7, 11) is 1.62. The quantitative estimate of drug-likeness (QED) is 0.887. The van der Waals surface area contributed by atoms with Crippen LogP contribution in [0, 0.1) is 0 Å². The third-order valence-electron chi connectivity index (χ3n) is 2.83. The van der Waals surface area contributed by atoms with Crippen molar-refractivity contribution >= 4 is 5.97 Å². The fourth-order valence-corrected chi connectivity index (χ4v) is 1.81. The first-order valence-corrected chi connectivity index (χ1v) is 5.86. The number of rotatable bonds is 5. The van der Waals surface area contributed by atoms with Crippen LogP contribution in [0.25, 0.3) is 0 Å². The molecule has 1 heterocycles. The van der Waals surface area contributed by atoms with Gasteiger partial charge in [-0.05, 0) is 30.5 Å². The molecular formula is C14H14N2O3. The van der Waals surface area contributed by atoms with Crippen molar-refractivity contribution in [1.29, 1.82) is 0 Å². The molecule has 0 radical (unpaired) electrons. The van der Waals surface area contributed by atoms with Crippen LogP contribution in [0.15, 0.2) is 36.8 Å². The number of hydrogen-bond acceptors (Lipinski definition) is 4. The second-order valence-electron chi connectivity index (χ2n) is 4.05. The van der Waals surface area contributed by atoms with E-state index in [1.807, 2.05) is 24.3 Å². The first-order chi connectivity index (χ1) is 9.20. The van der Waals surface area contributed by atoms with Gasteiger partial charge in [-0.3, -0.25) is 0 Å². The molecule has 2 rings (SSSR count). The van der Waals surface area contributed by atoms with Crippen LogP contribution in [0.1, 0.15) is 21.6 Å². The summed E-state index contributed by atoms with van der Waals surface area (Å²) in [5.74, 6) is -0.217. The largest absolute Gasteiger partial charge is 0.497 e. The Morgan fingerprint density at radius 1 is 1.26 bits per heavy atom. The van der Waals surface area contributed by atoms with E-state index < -0.39 is 5.97 Å². The summed E-state index contributed by atoms with van der Waals surface area (Å²) >= 11 is 0. The number of aromatic nitrogens is 2. The van der Waals surface area contributed by atoms with E-state index >= 15 is 0 Å². The van der Waals surface area contributed by atoms with Crippen LogP contribution < -0.4 is 4.74 Å². The third kappa shape index (κ3) is 3.28. The molecule has 0 aliphatic rings. The van der Waals surface area contributed by atoms with E-state index in [1.54, 1.807) is 13.3 Å². The van der Waals surface area contributed by atoms with E-state index in [2.05, 4.69) is 9.97 Å². The predicted octanol–water partition coefficient (Wildman–Crippen LogP) is 1.97. The van der Waals surface area contributed by atoms with E-state index in [1.165, 1.54) is 6.33 Å². The first kappa shape index (κ1) is 13.0. The molecule has 1 aromatic heterocycles. The van der Waals surface area contributed by atoms with Gasteiger partial charge >= 0.3 is 5.97 Å². The van der Waals surface area contributed by atoms with Crippen molar-refractivity contribution in [2.24, 2.45) is 0 Å². The van der Waals surface area contributed by atoms with Crippen molar-refractivity contribution in [1.82, 2.24) is 9.97 Å². The van der Waals surface area contributed by atoms with Gasteiger partial charge in [0.05, 0.1) is 7.11 Å². The highest BCUT2D eigenvalue weighted by atomic mass is 16.5. The Morgan fingerprint density at radius 3 is 2.63 bits per heavy atom. The maximum atomic E-state index is 11.0. The fraction of sp³-hybridized carbons (Fsp3) is 0.214. The van der Waals surface area contributed by atoms with Crippen LogP contribution in [0.5, 0.6) is 5.75 Å². The molecule has 0 atom stereocenters. The SMILES string of the molecule is COc1ccc(CCc2cncnc2C(=O)O)cc1. The standard InChI is InChI=1S/C14H14N2O3/c1-19-12-6-3-10(4-7-12)2-5-11-8-15-9-16-13(11)14(17)18/h3-4,6-9H,2,5H2,1H3,(H,17,18). The lowest BCUT2D eigenvalue weighted by atomic mass is 10.0. The van der Waals surface area contributed by atoms with Crippen LogP contribution >= 0.6 is 0 Å². The van der Waals surface area contributed by atoms with Gasteiger partial charge in [0.1, 0.15) is 12.1 Å². The Hall–Kier alpha value is -2.43. The van der Waals surface area contributed by atoms with Gasteiger partial charge in [0.25, 0.3) is 0 Å². The average molecular weight is 258 g/mol. The predicted molar refractivity (Wildman–Crippen MR) is 69.4 cm³/mol. The number of aromatic carboxylic acids is 1. The van der Waals surface area contributed by atoms with Crippen LogP contribution in [0.3, 0.4) is 0 Å². The molecule has 5 nitrogen and oxygen atoms in total. The van der Waals surface area contributed by atoms with Crippen LogP contribution in [0.2, 0.25) is 0 Å². The van der Waals surface area contributed by atoms with Crippen molar-refractivity contribution in [2.45, 2.75) is 12.8 Å². The lowest BCUT2D eigenvalue weighted by Gasteiger charge is -2.05. The number of aryl methyl sites for hydroxylation is 2. The molecule has 1 N–H and O–H groups in total. The molecule has 0 bridgehead atoms. The number of nitrogens with zero attached hydrogens (tertiary/aromatic N) is 2. The highest BCUT2D eigenvalue weighted by molar-refractivity contribution is 5.86. The summed E-state index contributed by atoms with van der Waals surface area (Å²) in [6.07, 6.45) is 4.13. The molecule has 0 spiro atoms. The zero-order chi connectivity index (χ0) is 13.7. The molecule has 0 saturated heterocycles. The molecule has 98 valence electrons. The number of benzene rings is 1. The number of methoxy groups -OCH3 is 1. The molecule has 0 aliphatic heterocycles. The molecule has 19 heavy (non-hydrogen) atoms. The van der Waals surface area contributed by atoms with Crippen molar-refractivity contribution in [3.63, 3.8) is 0 Å². The molecule has 5 heteroatoms. The van der Waals surface area contributed by atoms with Gasteiger partial charge in [-0.2, -0.15) is 0 Å². The van der Waals surface area contributed by atoms with E-state index in [-0.39, 0.29) is 5.69 Å². The molecule has 0 amide bonds. The summed E-state index contributed by atoms with van der Waals surface area (Å²) in [5.41, 5.74) is 1.83. The summed E-state index contributed by atoms with van der Waals surface area (Å²) in [6.45, 7) is 0. The summed E-state index contributed by atoms with van der Waals surface area (Å²) in [6, 6.07) is 7.69. The average Bonchev–Trinajstić information content (AvgIpc) is 2.46. The Labute approximate surface area is 110 Å². The zero-order valence-corrected chi connectivity index (χ0v) is 10.5. The van der Waals surface area contributed by atoms with Crippen LogP contribution in [-0.4, -0.2) is 28.2 Å². The van der Waals surface area contributed by atoms with E-state index in [4.69, 9.17) is 9.84 Å². The van der Waals surface area contributed by atoms with Gasteiger partial charge in [0.2, 0.25) is 0 Å². The fourth-order valence-electron chi connectivity index (χ4n) is 1.81. The minimum atomic E-state index is -1.02. The van der Waals surface area contributed by atoms with Gasteiger partial charge in [-0.15, -0.1) is 0 Å². The minimum Gasteiger partial charge on any atom is -0.497 e. The van der Waals surface area contributed by atoms with Crippen LogP contribution in [-0.2, 0) is 12.8 Å². The monoisotopic (exact) mass is 258 g/mol. The van der Waals surface area contributed by atoms with Gasteiger partial charge in [0, 0.05) is 11.8 Å². The number of ether oxygens (including phenoxy) is 1. The van der Waals surface area contributed by atoms with E-state index in [0.29, 0.717) is 12.0 Å². The Kier molecular flexibility index (Phi) is 4.07. The van der Waals surface area contributed by atoms with Gasteiger partial charge in [-0.1, -0.05) is 12.1 Å². The highest BCUT2D eigenvalue weighted by Gasteiger charge is 2.11. The van der Waals surface area contributed by atoms with Crippen molar-refractivity contribution < 1.29 is 14.6 Å². The van der Waals surface area contributed by atoms with Crippen molar-refractivity contribution in [2.75, 3.05) is 7.11 Å². The van der Waals surface area contributed by atoms with Crippen LogP contribution in [0.4, 0.5) is 0 Å². The van der Waals surface area contributed by atoms with Gasteiger partial charge in [-0.25, -0.2) is 14.8 Å². The molecule has 0 saturated carbocycles. The normalized spacial score (nSPS) is 10.2. The number of hydrogen-bond donors (Lipinski definition) is 1. The number of carboxylic acids is 1. The molecule has 0 unspecified atom stereocenters. The second kappa shape index (κ2) is 5.95. The third-order valence-corrected chi connectivity index (χ3v) is 2.83. The second-order valence-corrected chi connectivity index (χ2v) is 4.05. The number of carbonyl (C=O) groups is 1. The minimum absolute atomic E-state index is 0.0727. The zero-order valence-electron chi connectivity index (χ0n) is 10.5. The lowest BCUT2D eigenvalue weighted by Crippen LogP contribution is -2.07.